The van der Waals surface area contributed by atoms with E-state index >= 15 is 0 Å². The van der Waals surface area contributed by atoms with Crippen molar-refractivity contribution < 1.29 is 5.11 Å². The van der Waals surface area contributed by atoms with Crippen LogP contribution in [0.1, 0.15) is 28.3 Å². The van der Waals surface area contributed by atoms with Gasteiger partial charge < -0.3 is 10.4 Å². The molecular formula is C23H20ClN3O. The second-order valence-electron chi connectivity index (χ2n) is 6.87. The number of nitrogens with one attached hydrogen (secondary N) is 1. The first-order valence-electron chi connectivity index (χ1n) is 9.04. The Morgan fingerprint density at radius 1 is 1.00 bits per heavy atom. The molecule has 0 spiro atoms. The Morgan fingerprint density at radius 3 is 2.61 bits per heavy atom. The summed E-state index contributed by atoms with van der Waals surface area (Å²) in [6.07, 6.45) is 5.14. The fourth-order valence-corrected chi connectivity index (χ4v) is 3.70. The van der Waals surface area contributed by atoms with Crippen molar-refractivity contribution in [3.63, 3.8) is 0 Å². The first-order valence-corrected chi connectivity index (χ1v) is 9.42. The number of pyridine rings is 2. The van der Waals surface area contributed by atoms with E-state index in [1.54, 1.807) is 18.6 Å². The van der Waals surface area contributed by atoms with Crippen LogP contribution in [0.5, 0.6) is 5.75 Å². The molecule has 2 N–H and O–H groups in total. The Balaban J connectivity index is 1.94. The van der Waals surface area contributed by atoms with Crippen LogP contribution in [0.3, 0.4) is 0 Å². The average Bonchev–Trinajstić information content (AvgIpc) is 2.72. The summed E-state index contributed by atoms with van der Waals surface area (Å²) in [4.78, 5) is 8.54. The van der Waals surface area contributed by atoms with E-state index in [1.807, 2.05) is 30.3 Å². The van der Waals surface area contributed by atoms with Gasteiger partial charge in [-0.15, -0.1) is 0 Å². The molecule has 0 aliphatic heterocycles. The zero-order valence-electron chi connectivity index (χ0n) is 15.6. The molecule has 0 radical (unpaired) electrons. The average molecular weight is 390 g/mol. The highest BCUT2D eigenvalue weighted by atomic mass is 35.5. The van der Waals surface area contributed by atoms with Crippen molar-refractivity contribution in [2.45, 2.75) is 19.9 Å². The van der Waals surface area contributed by atoms with E-state index in [9.17, 15) is 5.11 Å². The predicted octanol–water partition coefficient (Wildman–Crippen LogP) is 5.81. The molecule has 4 rings (SSSR count). The molecule has 4 nitrogen and oxygen atoms in total. The van der Waals surface area contributed by atoms with Crippen LogP contribution in [0.2, 0.25) is 5.02 Å². The number of phenols is 1. The summed E-state index contributed by atoms with van der Waals surface area (Å²) in [5.41, 5.74) is 5.34. The molecule has 0 aliphatic rings. The zero-order chi connectivity index (χ0) is 19.7. The molecule has 0 fully saturated rings. The molecule has 0 saturated heterocycles. The molecule has 2 aromatic carbocycles. The number of hydrogen-bond donors (Lipinski definition) is 2. The first-order chi connectivity index (χ1) is 13.5. The van der Waals surface area contributed by atoms with E-state index in [0.717, 1.165) is 27.8 Å². The second-order valence-corrected chi connectivity index (χ2v) is 7.28. The number of phenolic OH excluding ortho intramolecular Hbond substituents is 1. The fourth-order valence-electron chi connectivity index (χ4n) is 3.43. The number of halogens is 1. The van der Waals surface area contributed by atoms with E-state index in [0.29, 0.717) is 16.1 Å². The Hall–Kier alpha value is -3.11. The number of fused-ring (bicyclic) bond motifs is 1. The number of aromatic hydroxyl groups is 1. The highest BCUT2D eigenvalue weighted by Crippen LogP contribution is 2.40. The standard InChI is InChI=1S/C23H20ClN3O/c1-14-7-8-15(2)18(11-14)21(27-16-5-3-9-25-13-16)19-12-20(24)17-6-4-10-26-22(17)23(19)28/h3-13,21,27-28H,1-2H3/t21-/m1/s1. The quantitative estimate of drug-likeness (QED) is 0.462. The van der Waals surface area contributed by atoms with Gasteiger partial charge in [0.25, 0.3) is 0 Å². The van der Waals surface area contributed by atoms with Crippen LogP contribution in [-0.2, 0) is 0 Å². The summed E-state index contributed by atoms with van der Waals surface area (Å²) >= 11 is 6.55. The lowest BCUT2D eigenvalue weighted by molar-refractivity contribution is 0.471. The maximum atomic E-state index is 11.1. The van der Waals surface area contributed by atoms with E-state index in [-0.39, 0.29) is 11.8 Å². The van der Waals surface area contributed by atoms with Gasteiger partial charge in [-0.2, -0.15) is 0 Å². The molecule has 0 unspecified atom stereocenters. The Bertz CT molecular complexity index is 1150. The van der Waals surface area contributed by atoms with Crippen molar-refractivity contribution in [2.75, 3.05) is 5.32 Å². The molecule has 28 heavy (non-hydrogen) atoms. The second kappa shape index (κ2) is 7.49. The Labute approximate surface area is 168 Å². The van der Waals surface area contributed by atoms with Gasteiger partial charge in [-0.3, -0.25) is 9.97 Å². The minimum atomic E-state index is -0.312. The van der Waals surface area contributed by atoms with E-state index in [1.165, 1.54) is 0 Å². The molecular weight excluding hydrogens is 370 g/mol. The van der Waals surface area contributed by atoms with E-state index < -0.39 is 0 Å². The minimum absolute atomic E-state index is 0.127. The molecule has 0 aliphatic carbocycles. The number of rotatable bonds is 4. The van der Waals surface area contributed by atoms with Crippen LogP contribution < -0.4 is 5.32 Å². The highest BCUT2D eigenvalue weighted by Gasteiger charge is 2.23. The monoisotopic (exact) mass is 389 g/mol. The topological polar surface area (TPSA) is 58.0 Å². The summed E-state index contributed by atoms with van der Waals surface area (Å²) in [6, 6.07) is 15.3. The Morgan fingerprint density at radius 2 is 1.82 bits per heavy atom. The number of aromatic nitrogens is 2. The van der Waals surface area contributed by atoms with Gasteiger partial charge in [0.2, 0.25) is 0 Å². The lowest BCUT2D eigenvalue weighted by Gasteiger charge is -2.24. The molecule has 4 aromatic rings. The van der Waals surface area contributed by atoms with Crippen LogP contribution in [-0.4, -0.2) is 15.1 Å². The molecule has 0 bridgehead atoms. The van der Waals surface area contributed by atoms with Crippen molar-refractivity contribution in [3.05, 3.63) is 94.4 Å². The summed E-state index contributed by atoms with van der Waals surface area (Å²) in [7, 11) is 0. The number of aryl methyl sites for hydroxylation is 2. The molecule has 2 aromatic heterocycles. The lowest BCUT2D eigenvalue weighted by Crippen LogP contribution is -2.14. The van der Waals surface area contributed by atoms with Crippen molar-refractivity contribution in [2.24, 2.45) is 0 Å². The van der Waals surface area contributed by atoms with Gasteiger partial charge >= 0.3 is 0 Å². The predicted molar refractivity (Wildman–Crippen MR) is 114 cm³/mol. The molecule has 1 atom stereocenters. The van der Waals surface area contributed by atoms with Crippen LogP contribution >= 0.6 is 11.6 Å². The number of nitrogens with zero attached hydrogens (tertiary/aromatic N) is 2. The summed E-state index contributed by atoms with van der Waals surface area (Å²) in [5, 5.41) is 15.9. The summed E-state index contributed by atoms with van der Waals surface area (Å²) < 4.78 is 0. The number of hydrogen-bond acceptors (Lipinski definition) is 4. The summed E-state index contributed by atoms with van der Waals surface area (Å²) in [5.74, 6) is 0.127. The zero-order valence-corrected chi connectivity index (χ0v) is 16.4. The van der Waals surface area contributed by atoms with Gasteiger partial charge in [0, 0.05) is 29.5 Å². The maximum Gasteiger partial charge on any atom is 0.147 e. The minimum Gasteiger partial charge on any atom is -0.505 e. The fraction of sp³-hybridized carbons (Fsp3) is 0.130. The third-order valence-electron chi connectivity index (χ3n) is 4.87. The van der Waals surface area contributed by atoms with Crippen molar-refractivity contribution in [1.29, 1.82) is 0 Å². The lowest BCUT2D eigenvalue weighted by atomic mass is 9.92. The number of benzene rings is 2. The van der Waals surface area contributed by atoms with Crippen LogP contribution in [0.25, 0.3) is 10.9 Å². The van der Waals surface area contributed by atoms with Gasteiger partial charge in [-0.1, -0.05) is 35.4 Å². The molecule has 0 amide bonds. The third-order valence-corrected chi connectivity index (χ3v) is 5.19. The first kappa shape index (κ1) is 18.3. The van der Waals surface area contributed by atoms with Crippen molar-refractivity contribution >= 4 is 28.2 Å². The van der Waals surface area contributed by atoms with Crippen LogP contribution in [0.4, 0.5) is 5.69 Å². The van der Waals surface area contributed by atoms with Gasteiger partial charge in [-0.25, -0.2) is 0 Å². The van der Waals surface area contributed by atoms with Crippen molar-refractivity contribution in [3.8, 4) is 5.75 Å². The van der Waals surface area contributed by atoms with Crippen LogP contribution in [0, 0.1) is 13.8 Å². The molecule has 140 valence electrons. The smallest absolute Gasteiger partial charge is 0.147 e. The van der Waals surface area contributed by atoms with Gasteiger partial charge in [0.15, 0.2) is 0 Å². The van der Waals surface area contributed by atoms with Gasteiger partial charge in [-0.05, 0) is 55.3 Å². The van der Waals surface area contributed by atoms with Crippen LogP contribution in [0.15, 0.2) is 67.1 Å². The maximum absolute atomic E-state index is 11.1. The highest BCUT2D eigenvalue weighted by molar-refractivity contribution is 6.35. The molecule has 0 saturated carbocycles. The Kier molecular flexibility index (Phi) is 4.88. The van der Waals surface area contributed by atoms with E-state index in [2.05, 4.69) is 47.3 Å². The SMILES string of the molecule is Cc1ccc(C)c([C@@H](Nc2cccnc2)c2cc(Cl)c3cccnc3c2O)c1. The van der Waals surface area contributed by atoms with Gasteiger partial charge in [0.05, 0.1) is 16.8 Å². The summed E-state index contributed by atoms with van der Waals surface area (Å²) in [6.45, 7) is 4.11. The number of anilines is 1. The van der Waals surface area contributed by atoms with Crippen molar-refractivity contribution in [1.82, 2.24) is 9.97 Å². The molecule has 5 heteroatoms. The van der Waals surface area contributed by atoms with Gasteiger partial charge in [0.1, 0.15) is 11.3 Å². The molecule has 2 heterocycles. The largest absolute Gasteiger partial charge is 0.505 e. The van der Waals surface area contributed by atoms with E-state index in [4.69, 9.17) is 11.6 Å². The third kappa shape index (κ3) is 3.39. The normalized spacial score (nSPS) is 12.1.